The molecule has 0 heterocycles. The highest BCUT2D eigenvalue weighted by molar-refractivity contribution is 5.88. The number of nitrogens with zero attached hydrogens (tertiary/aromatic N) is 1. The molecule has 2 aromatic carbocycles. The Hall–Kier alpha value is -3.02. The zero-order valence-electron chi connectivity index (χ0n) is 17.8. The summed E-state index contributed by atoms with van der Waals surface area (Å²) in [6.07, 6.45) is 0. The molecule has 0 saturated carbocycles. The van der Waals surface area contributed by atoms with Gasteiger partial charge in [0.15, 0.2) is 18.1 Å². The molecule has 0 aliphatic rings. The maximum absolute atomic E-state index is 13.0. The van der Waals surface area contributed by atoms with Gasteiger partial charge >= 0.3 is 0 Å². The van der Waals surface area contributed by atoms with E-state index in [2.05, 4.69) is 5.32 Å². The summed E-state index contributed by atoms with van der Waals surface area (Å²) in [7, 11) is 1.55. The Kier molecular flexibility index (Phi) is 8.07. The first kappa shape index (κ1) is 22.3. The van der Waals surface area contributed by atoms with Crippen LogP contribution in [0.5, 0.6) is 11.5 Å². The largest absolute Gasteiger partial charge is 0.493 e. The molecule has 1 N–H and O–H groups in total. The van der Waals surface area contributed by atoms with E-state index in [0.717, 1.165) is 11.1 Å². The molecule has 6 nitrogen and oxygen atoms in total. The van der Waals surface area contributed by atoms with Crippen molar-refractivity contribution >= 4 is 11.8 Å². The van der Waals surface area contributed by atoms with Crippen LogP contribution >= 0.6 is 0 Å². The van der Waals surface area contributed by atoms with E-state index < -0.39 is 6.04 Å². The molecule has 29 heavy (non-hydrogen) atoms. The number of methoxy groups -OCH3 is 1. The van der Waals surface area contributed by atoms with Crippen LogP contribution in [0.25, 0.3) is 0 Å². The smallest absolute Gasteiger partial charge is 0.261 e. The van der Waals surface area contributed by atoms with E-state index in [9.17, 15) is 9.59 Å². The number of benzene rings is 2. The minimum atomic E-state index is -0.634. The maximum Gasteiger partial charge on any atom is 0.261 e. The van der Waals surface area contributed by atoms with Crippen molar-refractivity contribution in [1.82, 2.24) is 10.2 Å². The Morgan fingerprint density at radius 1 is 1.00 bits per heavy atom. The van der Waals surface area contributed by atoms with Gasteiger partial charge in [0.25, 0.3) is 5.91 Å². The fourth-order valence-electron chi connectivity index (χ4n) is 2.92. The molecule has 0 aliphatic carbocycles. The minimum Gasteiger partial charge on any atom is -0.493 e. The van der Waals surface area contributed by atoms with Crippen molar-refractivity contribution in [2.45, 2.75) is 46.3 Å². The average molecular weight is 399 g/mol. The Balaban J connectivity index is 2.19. The van der Waals surface area contributed by atoms with E-state index in [-0.39, 0.29) is 24.5 Å². The van der Waals surface area contributed by atoms with Crippen LogP contribution in [-0.2, 0) is 16.1 Å². The van der Waals surface area contributed by atoms with E-state index >= 15 is 0 Å². The van der Waals surface area contributed by atoms with Gasteiger partial charge in [-0.3, -0.25) is 9.59 Å². The summed E-state index contributed by atoms with van der Waals surface area (Å²) in [5.74, 6) is 0.569. The Morgan fingerprint density at radius 2 is 1.62 bits per heavy atom. The number of hydrogen-bond donors (Lipinski definition) is 1. The zero-order valence-corrected chi connectivity index (χ0v) is 17.8. The second-order valence-electron chi connectivity index (χ2n) is 7.23. The lowest BCUT2D eigenvalue weighted by molar-refractivity contribution is -0.142. The van der Waals surface area contributed by atoms with Crippen molar-refractivity contribution in [3.05, 3.63) is 59.7 Å². The molecule has 156 valence electrons. The molecule has 0 aliphatic heterocycles. The summed E-state index contributed by atoms with van der Waals surface area (Å²) in [6.45, 7) is 7.64. The van der Waals surface area contributed by atoms with E-state index in [1.54, 1.807) is 31.1 Å². The summed E-state index contributed by atoms with van der Waals surface area (Å²) in [6, 6.07) is 14.3. The number of para-hydroxylation sites is 2. The molecule has 6 heteroatoms. The molecule has 0 saturated heterocycles. The predicted molar refractivity (Wildman–Crippen MR) is 113 cm³/mol. The van der Waals surface area contributed by atoms with Gasteiger partial charge in [0.2, 0.25) is 5.91 Å². The second kappa shape index (κ2) is 10.5. The number of hydrogen-bond acceptors (Lipinski definition) is 4. The van der Waals surface area contributed by atoms with E-state index in [1.807, 2.05) is 57.2 Å². The van der Waals surface area contributed by atoms with Crippen LogP contribution in [0.4, 0.5) is 0 Å². The van der Waals surface area contributed by atoms with Crippen LogP contribution in [0.3, 0.4) is 0 Å². The number of amides is 2. The second-order valence-corrected chi connectivity index (χ2v) is 7.23. The van der Waals surface area contributed by atoms with Crippen molar-refractivity contribution in [2.24, 2.45) is 0 Å². The summed E-state index contributed by atoms with van der Waals surface area (Å²) < 4.78 is 11.0. The van der Waals surface area contributed by atoms with Gasteiger partial charge in [-0.05, 0) is 51.0 Å². The molecule has 0 aromatic heterocycles. The average Bonchev–Trinajstić information content (AvgIpc) is 2.70. The number of ether oxygens (including phenoxy) is 2. The zero-order chi connectivity index (χ0) is 21.4. The van der Waals surface area contributed by atoms with Crippen LogP contribution < -0.4 is 14.8 Å². The maximum atomic E-state index is 13.0. The first-order valence-electron chi connectivity index (χ1n) is 9.73. The topological polar surface area (TPSA) is 67.9 Å². The molecule has 0 unspecified atom stereocenters. The lowest BCUT2D eigenvalue weighted by Crippen LogP contribution is -2.50. The number of carbonyl (C=O) groups is 2. The van der Waals surface area contributed by atoms with E-state index in [4.69, 9.17) is 9.47 Å². The van der Waals surface area contributed by atoms with E-state index in [0.29, 0.717) is 18.0 Å². The first-order chi connectivity index (χ1) is 13.8. The van der Waals surface area contributed by atoms with Crippen molar-refractivity contribution in [3.63, 3.8) is 0 Å². The third-order valence-electron chi connectivity index (χ3n) is 4.62. The standard InChI is InChI=1S/C23H30N2O4/c1-16(2)24-23(27)18(4)25(14-19-11-7-6-10-17(19)3)22(26)15-29-21-13-9-8-12-20(21)28-5/h6-13,16,18H,14-15H2,1-5H3,(H,24,27)/t18-/m1/s1. The van der Waals surface area contributed by atoms with Crippen molar-refractivity contribution in [2.75, 3.05) is 13.7 Å². The molecular weight excluding hydrogens is 368 g/mol. The number of nitrogens with one attached hydrogen (secondary N) is 1. The summed E-state index contributed by atoms with van der Waals surface area (Å²) in [5.41, 5.74) is 2.05. The minimum absolute atomic E-state index is 0.00908. The summed E-state index contributed by atoms with van der Waals surface area (Å²) in [5, 5.41) is 2.88. The lowest BCUT2D eigenvalue weighted by atomic mass is 10.1. The predicted octanol–water partition coefficient (Wildman–Crippen LogP) is 3.32. The molecule has 0 radical (unpaired) electrons. The van der Waals surface area contributed by atoms with Crippen LogP contribution in [0, 0.1) is 6.92 Å². The van der Waals surface area contributed by atoms with Crippen molar-refractivity contribution in [1.29, 1.82) is 0 Å². The van der Waals surface area contributed by atoms with Gasteiger partial charge in [-0.1, -0.05) is 36.4 Å². The van der Waals surface area contributed by atoms with Gasteiger partial charge in [-0.25, -0.2) is 0 Å². The molecule has 2 rings (SSSR count). The Bertz CT molecular complexity index is 835. The number of rotatable bonds is 9. The van der Waals surface area contributed by atoms with Crippen LogP contribution in [0.2, 0.25) is 0 Å². The molecule has 2 aromatic rings. The number of carbonyl (C=O) groups excluding carboxylic acids is 2. The third kappa shape index (κ3) is 6.24. The van der Waals surface area contributed by atoms with Gasteiger partial charge in [0.1, 0.15) is 6.04 Å². The fraction of sp³-hybridized carbons (Fsp3) is 0.391. The normalized spacial score (nSPS) is 11.7. The molecule has 0 spiro atoms. The molecule has 0 bridgehead atoms. The highest BCUT2D eigenvalue weighted by Gasteiger charge is 2.27. The van der Waals surface area contributed by atoms with Gasteiger partial charge < -0.3 is 19.7 Å². The molecular formula is C23H30N2O4. The lowest BCUT2D eigenvalue weighted by Gasteiger charge is -2.30. The Morgan fingerprint density at radius 3 is 2.24 bits per heavy atom. The first-order valence-corrected chi connectivity index (χ1v) is 9.73. The fourth-order valence-corrected chi connectivity index (χ4v) is 2.92. The van der Waals surface area contributed by atoms with Crippen LogP contribution in [0.15, 0.2) is 48.5 Å². The third-order valence-corrected chi connectivity index (χ3v) is 4.62. The summed E-state index contributed by atoms with van der Waals surface area (Å²) >= 11 is 0. The van der Waals surface area contributed by atoms with Gasteiger partial charge in [0.05, 0.1) is 7.11 Å². The van der Waals surface area contributed by atoms with Crippen LogP contribution in [0.1, 0.15) is 31.9 Å². The molecule has 1 atom stereocenters. The SMILES string of the molecule is COc1ccccc1OCC(=O)N(Cc1ccccc1C)[C@H](C)C(=O)NC(C)C. The molecule has 2 amide bonds. The number of aryl methyl sites for hydroxylation is 1. The monoisotopic (exact) mass is 398 g/mol. The van der Waals surface area contributed by atoms with Crippen molar-refractivity contribution < 1.29 is 19.1 Å². The Labute approximate surface area is 172 Å². The van der Waals surface area contributed by atoms with E-state index in [1.165, 1.54) is 0 Å². The summed E-state index contributed by atoms with van der Waals surface area (Å²) in [4.78, 5) is 27.2. The van der Waals surface area contributed by atoms with Crippen molar-refractivity contribution in [3.8, 4) is 11.5 Å². The highest BCUT2D eigenvalue weighted by Crippen LogP contribution is 2.26. The van der Waals surface area contributed by atoms with Gasteiger partial charge in [-0.15, -0.1) is 0 Å². The highest BCUT2D eigenvalue weighted by atomic mass is 16.5. The van der Waals surface area contributed by atoms with Crippen LogP contribution in [-0.4, -0.2) is 42.5 Å². The molecule has 0 fully saturated rings. The van der Waals surface area contributed by atoms with Gasteiger partial charge in [0, 0.05) is 12.6 Å². The quantitative estimate of drug-likeness (QED) is 0.704. The van der Waals surface area contributed by atoms with Gasteiger partial charge in [-0.2, -0.15) is 0 Å².